The van der Waals surface area contributed by atoms with Gasteiger partial charge in [0.15, 0.2) is 11.9 Å². The van der Waals surface area contributed by atoms with Crippen molar-refractivity contribution in [1.82, 2.24) is 0 Å². The lowest BCUT2D eigenvalue weighted by atomic mass is 10.1. The van der Waals surface area contributed by atoms with Crippen molar-refractivity contribution in [3.63, 3.8) is 0 Å². The van der Waals surface area contributed by atoms with Crippen molar-refractivity contribution in [1.29, 1.82) is 5.26 Å². The molecule has 1 aromatic rings. The molecule has 14 heavy (non-hydrogen) atoms. The Balaban J connectivity index is 3.06. The number of benzene rings is 1. The summed E-state index contributed by atoms with van der Waals surface area (Å²) in [5, 5.41) is 12.0. The van der Waals surface area contributed by atoms with E-state index in [9.17, 15) is 0 Å². The predicted octanol–water partition coefficient (Wildman–Crippen LogP) is 2.07. The van der Waals surface area contributed by atoms with Crippen LogP contribution in [0, 0.1) is 11.3 Å². The number of halogens is 1. The third-order valence-corrected chi connectivity index (χ3v) is 1.67. The van der Waals surface area contributed by atoms with E-state index in [1.807, 2.05) is 6.07 Å². The van der Waals surface area contributed by atoms with Crippen LogP contribution in [0.5, 0.6) is 5.75 Å². The molecule has 0 aliphatic rings. The van der Waals surface area contributed by atoms with Gasteiger partial charge in [-0.3, -0.25) is 4.39 Å². The molecule has 0 bridgehead atoms. The summed E-state index contributed by atoms with van der Waals surface area (Å²) in [6.07, 6.45) is 1.40. The molecule has 72 valence electrons. The smallest absolute Gasteiger partial charge is 0.167 e. The van der Waals surface area contributed by atoms with Crippen LogP contribution in [0.4, 0.5) is 0 Å². The first-order valence-electron chi connectivity index (χ1n) is 3.71. The number of oxime groups is 1. The third kappa shape index (κ3) is 2.38. The molecule has 0 saturated carbocycles. The van der Waals surface area contributed by atoms with Crippen LogP contribution in [0.1, 0.15) is 11.1 Å². The minimum absolute atomic E-state index is 0.519. The Morgan fingerprint density at radius 1 is 1.57 bits per heavy atom. The predicted molar refractivity (Wildman–Crippen MR) is 52.2 cm³/mol. The molecule has 0 fully saturated rings. The van der Waals surface area contributed by atoms with Gasteiger partial charge in [0, 0.05) is 5.56 Å². The zero-order valence-electron chi connectivity index (χ0n) is 7.40. The highest BCUT2D eigenvalue weighted by atomic mass is 35.5. The topological polar surface area (TPSA) is 54.6 Å². The second kappa shape index (κ2) is 5.10. The van der Waals surface area contributed by atoms with E-state index in [2.05, 4.69) is 9.55 Å². The van der Waals surface area contributed by atoms with Gasteiger partial charge >= 0.3 is 0 Å². The fraction of sp³-hybridized carbons (Fsp3) is 0.111. The number of hydrogen-bond donors (Lipinski definition) is 0. The molecule has 0 aliphatic heterocycles. The van der Waals surface area contributed by atoms with E-state index in [4.69, 9.17) is 21.9 Å². The molecule has 0 aliphatic carbocycles. The molecule has 0 spiro atoms. The first kappa shape index (κ1) is 10.4. The highest BCUT2D eigenvalue weighted by Gasteiger charge is 2.01. The highest BCUT2D eigenvalue weighted by Crippen LogP contribution is 2.18. The molecule has 5 heteroatoms. The van der Waals surface area contributed by atoms with Crippen molar-refractivity contribution in [3.05, 3.63) is 29.3 Å². The SMILES string of the molecule is COc1cc(C#N)ccc1/C=N/OCl. The lowest BCUT2D eigenvalue weighted by molar-refractivity contribution is 0.382. The van der Waals surface area contributed by atoms with Gasteiger partial charge in [-0.1, -0.05) is 5.16 Å². The van der Waals surface area contributed by atoms with E-state index in [1.54, 1.807) is 18.2 Å². The number of nitriles is 1. The van der Waals surface area contributed by atoms with Gasteiger partial charge in [-0.25, -0.2) is 0 Å². The molecule has 4 nitrogen and oxygen atoms in total. The highest BCUT2D eigenvalue weighted by molar-refractivity contribution is 6.07. The minimum atomic E-state index is 0.519. The van der Waals surface area contributed by atoms with Crippen molar-refractivity contribution >= 4 is 18.1 Å². The molecule has 0 aromatic heterocycles. The van der Waals surface area contributed by atoms with Gasteiger partial charge < -0.3 is 4.74 Å². The van der Waals surface area contributed by atoms with Gasteiger partial charge in [0.05, 0.1) is 25.0 Å². The van der Waals surface area contributed by atoms with Crippen molar-refractivity contribution < 1.29 is 9.13 Å². The van der Waals surface area contributed by atoms with Crippen LogP contribution in [0.15, 0.2) is 23.4 Å². The van der Waals surface area contributed by atoms with E-state index >= 15 is 0 Å². The molecule has 0 radical (unpaired) electrons. The molecule has 0 amide bonds. The monoisotopic (exact) mass is 210 g/mol. The van der Waals surface area contributed by atoms with E-state index in [1.165, 1.54) is 13.3 Å². The summed E-state index contributed by atoms with van der Waals surface area (Å²) in [7, 11) is 1.51. The summed E-state index contributed by atoms with van der Waals surface area (Å²) in [6, 6.07) is 6.95. The van der Waals surface area contributed by atoms with Crippen molar-refractivity contribution in [2.45, 2.75) is 0 Å². The fourth-order valence-electron chi connectivity index (χ4n) is 0.964. The first-order valence-corrected chi connectivity index (χ1v) is 4.02. The first-order chi connectivity index (χ1) is 6.81. The largest absolute Gasteiger partial charge is 0.496 e. The maximum absolute atomic E-state index is 8.64. The Labute approximate surface area is 86.5 Å². The van der Waals surface area contributed by atoms with Gasteiger partial charge in [-0.15, -0.1) is 0 Å². The molecule has 1 aromatic carbocycles. The number of methoxy groups -OCH3 is 1. The third-order valence-electron chi connectivity index (χ3n) is 1.59. The zero-order valence-corrected chi connectivity index (χ0v) is 8.15. The summed E-state index contributed by atoms with van der Waals surface area (Å²) in [5.41, 5.74) is 1.21. The lowest BCUT2D eigenvalue weighted by Gasteiger charge is -2.03. The molecule has 0 N–H and O–H groups in total. The van der Waals surface area contributed by atoms with Crippen LogP contribution >= 0.6 is 11.9 Å². The van der Waals surface area contributed by atoms with Crippen molar-refractivity contribution in [3.8, 4) is 11.8 Å². The Kier molecular flexibility index (Phi) is 3.77. The number of rotatable bonds is 3. The quantitative estimate of drug-likeness (QED) is 0.567. The average Bonchev–Trinajstić information content (AvgIpc) is 2.26. The van der Waals surface area contributed by atoms with Gasteiger partial charge in [-0.05, 0) is 18.2 Å². The van der Waals surface area contributed by atoms with Crippen molar-refractivity contribution in [2.24, 2.45) is 5.16 Å². The molecular weight excluding hydrogens is 204 g/mol. The molecule has 0 heterocycles. The van der Waals surface area contributed by atoms with Gasteiger partial charge in [0.1, 0.15) is 5.75 Å². The van der Waals surface area contributed by atoms with E-state index in [0.717, 1.165) is 0 Å². The average molecular weight is 211 g/mol. The van der Waals surface area contributed by atoms with Gasteiger partial charge in [0.25, 0.3) is 0 Å². The Morgan fingerprint density at radius 2 is 2.36 bits per heavy atom. The van der Waals surface area contributed by atoms with E-state index < -0.39 is 0 Å². The normalized spacial score (nSPS) is 9.79. The summed E-state index contributed by atoms with van der Waals surface area (Å²) < 4.78 is 9.07. The Morgan fingerprint density at radius 3 is 2.93 bits per heavy atom. The van der Waals surface area contributed by atoms with E-state index in [0.29, 0.717) is 16.9 Å². The lowest BCUT2D eigenvalue weighted by Crippen LogP contribution is -1.91. The summed E-state index contributed by atoms with van der Waals surface area (Å²) >= 11 is 4.91. The minimum Gasteiger partial charge on any atom is -0.496 e. The standard InChI is InChI=1S/C9H7ClN2O2/c1-13-9-4-7(5-11)2-3-8(9)6-12-14-10/h2-4,6H,1H3/b12-6+. The fourth-order valence-corrected chi connectivity index (χ4v) is 1.00. The van der Waals surface area contributed by atoms with Crippen LogP contribution < -0.4 is 4.74 Å². The van der Waals surface area contributed by atoms with Crippen LogP contribution in [-0.2, 0) is 4.39 Å². The number of ether oxygens (including phenoxy) is 1. The Bertz CT molecular complexity index is 385. The van der Waals surface area contributed by atoms with Crippen LogP contribution in [0.3, 0.4) is 0 Å². The second-order valence-corrected chi connectivity index (χ2v) is 2.51. The van der Waals surface area contributed by atoms with Crippen molar-refractivity contribution in [2.75, 3.05) is 7.11 Å². The van der Waals surface area contributed by atoms with E-state index in [-0.39, 0.29) is 0 Å². The summed E-state index contributed by atoms with van der Waals surface area (Å²) in [5.74, 6) is 0.543. The number of nitrogens with zero attached hydrogens (tertiary/aromatic N) is 2. The molecule has 0 unspecified atom stereocenters. The summed E-state index contributed by atoms with van der Waals surface area (Å²) in [6.45, 7) is 0. The van der Waals surface area contributed by atoms with Crippen LogP contribution in [0.25, 0.3) is 0 Å². The Hall–Kier alpha value is -1.73. The molecular formula is C9H7ClN2O2. The summed E-state index contributed by atoms with van der Waals surface area (Å²) in [4.78, 5) is 0. The van der Waals surface area contributed by atoms with Crippen LogP contribution in [-0.4, -0.2) is 13.3 Å². The molecule has 1 rings (SSSR count). The zero-order chi connectivity index (χ0) is 10.4. The van der Waals surface area contributed by atoms with Gasteiger partial charge in [0.2, 0.25) is 0 Å². The maximum Gasteiger partial charge on any atom is 0.167 e. The molecule has 0 saturated heterocycles. The van der Waals surface area contributed by atoms with Crippen LogP contribution in [0.2, 0.25) is 0 Å². The maximum atomic E-state index is 8.64. The van der Waals surface area contributed by atoms with Gasteiger partial charge in [-0.2, -0.15) is 5.26 Å². The molecule has 0 atom stereocenters. The second-order valence-electron chi connectivity index (χ2n) is 2.37. The number of hydrogen-bond acceptors (Lipinski definition) is 4.